The van der Waals surface area contributed by atoms with Crippen LogP contribution >= 0.6 is 11.6 Å². The molecule has 1 aromatic carbocycles. The van der Waals surface area contributed by atoms with E-state index in [1.54, 1.807) is 18.4 Å². The van der Waals surface area contributed by atoms with Crippen molar-refractivity contribution < 1.29 is 8.83 Å². The van der Waals surface area contributed by atoms with E-state index in [0.29, 0.717) is 40.1 Å². The highest BCUT2D eigenvalue weighted by Gasteiger charge is 2.16. The quantitative estimate of drug-likeness (QED) is 0.617. The molecule has 4 rings (SSSR count). The minimum atomic E-state index is 0.278. The lowest BCUT2D eigenvalue weighted by Gasteiger charge is -2.01. The van der Waals surface area contributed by atoms with Gasteiger partial charge in [-0.15, -0.1) is 0 Å². The lowest BCUT2D eigenvalue weighted by Crippen LogP contribution is -2.01. The molecule has 0 fully saturated rings. The Hall–Kier alpha value is -2.86. The molecule has 0 aliphatic rings. The van der Waals surface area contributed by atoms with Crippen molar-refractivity contribution in [1.82, 2.24) is 15.0 Å². The second kappa shape index (κ2) is 5.40. The van der Waals surface area contributed by atoms with Crippen LogP contribution in [0.4, 0.5) is 5.82 Å². The topological polar surface area (TPSA) is 91.0 Å². The third-order valence-electron chi connectivity index (χ3n) is 3.34. The number of fused-ring (bicyclic) bond motifs is 1. The summed E-state index contributed by atoms with van der Waals surface area (Å²) in [5, 5.41) is 0.683. The molecule has 0 atom stereocenters. The fourth-order valence-corrected chi connectivity index (χ4v) is 2.38. The number of halogens is 1. The molecule has 0 unspecified atom stereocenters. The minimum absolute atomic E-state index is 0.278. The summed E-state index contributed by atoms with van der Waals surface area (Å²) in [6, 6.07) is 11.0. The highest BCUT2D eigenvalue weighted by Crippen LogP contribution is 2.26. The number of benzene rings is 1. The number of nitrogen functional groups attached to an aromatic ring is 1. The van der Waals surface area contributed by atoms with Crippen molar-refractivity contribution in [3.63, 3.8) is 0 Å². The molecule has 114 valence electrons. The van der Waals surface area contributed by atoms with Gasteiger partial charge in [0.25, 0.3) is 11.6 Å². The molecule has 0 spiro atoms. The SMILES string of the molecule is Nc1nc(Cc2ccc(Cl)cc2)nc2oc(-c3ccco3)nc12. The van der Waals surface area contributed by atoms with Gasteiger partial charge in [-0.3, -0.25) is 0 Å². The van der Waals surface area contributed by atoms with Gasteiger partial charge in [-0.25, -0.2) is 9.97 Å². The first-order valence-corrected chi connectivity index (χ1v) is 7.28. The van der Waals surface area contributed by atoms with Crippen molar-refractivity contribution in [2.24, 2.45) is 0 Å². The van der Waals surface area contributed by atoms with Crippen molar-refractivity contribution in [2.75, 3.05) is 5.73 Å². The molecule has 0 aliphatic carbocycles. The average molecular weight is 327 g/mol. The molecule has 0 saturated carbocycles. The largest absolute Gasteiger partial charge is 0.459 e. The van der Waals surface area contributed by atoms with Gasteiger partial charge in [0.1, 0.15) is 5.82 Å². The molecular weight excluding hydrogens is 316 g/mol. The monoisotopic (exact) mass is 326 g/mol. The zero-order valence-electron chi connectivity index (χ0n) is 11.9. The molecule has 0 amide bonds. The zero-order chi connectivity index (χ0) is 15.8. The van der Waals surface area contributed by atoms with E-state index in [-0.39, 0.29) is 5.82 Å². The molecule has 4 aromatic rings. The number of hydrogen-bond acceptors (Lipinski definition) is 6. The van der Waals surface area contributed by atoms with E-state index in [9.17, 15) is 0 Å². The van der Waals surface area contributed by atoms with Crippen molar-refractivity contribution in [3.05, 3.63) is 59.1 Å². The molecule has 0 bridgehead atoms. The standard InChI is InChI=1S/C16H11ClN4O2/c17-10-5-3-9(4-6-10)8-12-19-14(18)13-16(20-12)23-15(21-13)11-2-1-7-22-11/h1-7H,8H2,(H2,18,19,20). The number of anilines is 1. The number of hydrogen-bond donors (Lipinski definition) is 1. The molecule has 3 heterocycles. The summed E-state index contributed by atoms with van der Waals surface area (Å²) in [6.07, 6.45) is 2.07. The van der Waals surface area contributed by atoms with E-state index in [1.807, 2.05) is 24.3 Å². The third kappa shape index (κ3) is 2.64. The van der Waals surface area contributed by atoms with Gasteiger partial charge in [-0.05, 0) is 29.8 Å². The Morgan fingerprint density at radius 2 is 1.87 bits per heavy atom. The lowest BCUT2D eigenvalue weighted by atomic mass is 10.1. The molecule has 7 heteroatoms. The third-order valence-corrected chi connectivity index (χ3v) is 3.59. The average Bonchev–Trinajstić information content (AvgIpc) is 3.18. The minimum Gasteiger partial charge on any atom is -0.459 e. The molecule has 0 saturated heterocycles. The maximum Gasteiger partial charge on any atom is 0.265 e. The maximum absolute atomic E-state index is 5.98. The smallest absolute Gasteiger partial charge is 0.265 e. The van der Waals surface area contributed by atoms with E-state index >= 15 is 0 Å². The number of furan rings is 1. The molecule has 6 nitrogen and oxygen atoms in total. The van der Waals surface area contributed by atoms with Gasteiger partial charge in [0.2, 0.25) is 0 Å². The Morgan fingerprint density at radius 1 is 1.04 bits per heavy atom. The van der Waals surface area contributed by atoms with Crippen LogP contribution in [0.2, 0.25) is 5.02 Å². The summed E-state index contributed by atoms with van der Waals surface area (Å²) in [5.74, 6) is 1.68. The van der Waals surface area contributed by atoms with Crippen LogP contribution < -0.4 is 5.73 Å². The number of nitrogens with zero attached hydrogens (tertiary/aromatic N) is 3. The zero-order valence-corrected chi connectivity index (χ0v) is 12.6. The van der Waals surface area contributed by atoms with E-state index in [2.05, 4.69) is 15.0 Å². The van der Waals surface area contributed by atoms with Crippen LogP contribution in [0, 0.1) is 0 Å². The predicted octanol–water partition coefficient (Wildman–Crippen LogP) is 3.70. The first kappa shape index (κ1) is 13.8. The van der Waals surface area contributed by atoms with Crippen molar-refractivity contribution >= 4 is 28.6 Å². The number of rotatable bonds is 3. The van der Waals surface area contributed by atoms with Gasteiger partial charge in [0.15, 0.2) is 17.1 Å². The van der Waals surface area contributed by atoms with Crippen LogP contribution in [-0.2, 0) is 6.42 Å². The lowest BCUT2D eigenvalue weighted by molar-refractivity contribution is 0.530. The van der Waals surface area contributed by atoms with Crippen molar-refractivity contribution in [1.29, 1.82) is 0 Å². The highest BCUT2D eigenvalue weighted by molar-refractivity contribution is 6.30. The second-order valence-corrected chi connectivity index (χ2v) is 5.41. The van der Waals surface area contributed by atoms with E-state index < -0.39 is 0 Å². The predicted molar refractivity (Wildman–Crippen MR) is 86.0 cm³/mol. The van der Waals surface area contributed by atoms with Crippen LogP contribution in [-0.4, -0.2) is 15.0 Å². The van der Waals surface area contributed by atoms with Crippen molar-refractivity contribution in [3.8, 4) is 11.7 Å². The van der Waals surface area contributed by atoms with Crippen LogP contribution in [0.5, 0.6) is 0 Å². The first-order chi connectivity index (χ1) is 11.2. The first-order valence-electron chi connectivity index (χ1n) is 6.90. The Labute approximate surface area is 135 Å². The summed E-state index contributed by atoms with van der Waals surface area (Å²) in [6.45, 7) is 0. The Balaban J connectivity index is 1.73. The van der Waals surface area contributed by atoms with Gasteiger partial charge >= 0.3 is 0 Å². The van der Waals surface area contributed by atoms with Crippen LogP contribution in [0.1, 0.15) is 11.4 Å². The Kier molecular flexibility index (Phi) is 3.24. The van der Waals surface area contributed by atoms with E-state index in [1.165, 1.54) is 0 Å². The molecule has 2 N–H and O–H groups in total. The summed E-state index contributed by atoms with van der Waals surface area (Å²) < 4.78 is 10.9. The molecular formula is C16H11ClN4O2. The molecule has 0 aliphatic heterocycles. The maximum atomic E-state index is 5.98. The normalized spacial score (nSPS) is 11.2. The Bertz CT molecular complexity index is 962. The van der Waals surface area contributed by atoms with E-state index in [0.717, 1.165) is 5.56 Å². The van der Waals surface area contributed by atoms with Crippen LogP contribution in [0.25, 0.3) is 22.9 Å². The number of aromatic nitrogens is 3. The molecule has 0 radical (unpaired) electrons. The molecule has 23 heavy (non-hydrogen) atoms. The van der Waals surface area contributed by atoms with Gasteiger partial charge in [-0.2, -0.15) is 4.98 Å². The van der Waals surface area contributed by atoms with Gasteiger partial charge in [0, 0.05) is 11.4 Å². The highest BCUT2D eigenvalue weighted by atomic mass is 35.5. The second-order valence-electron chi connectivity index (χ2n) is 4.98. The Morgan fingerprint density at radius 3 is 2.61 bits per heavy atom. The summed E-state index contributed by atoms with van der Waals surface area (Å²) >= 11 is 5.89. The van der Waals surface area contributed by atoms with Gasteiger partial charge in [0.05, 0.1) is 6.26 Å². The van der Waals surface area contributed by atoms with Crippen LogP contribution in [0.3, 0.4) is 0 Å². The summed E-state index contributed by atoms with van der Waals surface area (Å²) in [7, 11) is 0. The van der Waals surface area contributed by atoms with Gasteiger partial charge in [-0.1, -0.05) is 23.7 Å². The fourth-order valence-electron chi connectivity index (χ4n) is 2.26. The van der Waals surface area contributed by atoms with Crippen LogP contribution in [0.15, 0.2) is 51.5 Å². The van der Waals surface area contributed by atoms with Gasteiger partial charge < -0.3 is 14.6 Å². The number of nitrogens with two attached hydrogens (primary N) is 1. The number of oxazole rings is 1. The molecule has 3 aromatic heterocycles. The van der Waals surface area contributed by atoms with Crippen molar-refractivity contribution in [2.45, 2.75) is 6.42 Å². The fraction of sp³-hybridized carbons (Fsp3) is 0.0625. The summed E-state index contributed by atoms with van der Waals surface area (Å²) in [5.41, 5.74) is 7.77. The summed E-state index contributed by atoms with van der Waals surface area (Å²) in [4.78, 5) is 13.0. The van der Waals surface area contributed by atoms with E-state index in [4.69, 9.17) is 26.2 Å².